The number of hydrogen-bond donors (Lipinski definition) is 3. The van der Waals surface area contributed by atoms with Crippen molar-refractivity contribution in [1.29, 1.82) is 0 Å². The van der Waals surface area contributed by atoms with E-state index in [9.17, 15) is 9.90 Å². The van der Waals surface area contributed by atoms with Gasteiger partial charge in [0.15, 0.2) is 0 Å². The third kappa shape index (κ3) is 6.23. The first-order valence-electron chi connectivity index (χ1n) is 14.1. The third-order valence-corrected chi connectivity index (χ3v) is 7.67. The number of nitrogens with zero attached hydrogens (tertiary/aromatic N) is 5. The van der Waals surface area contributed by atoms with Gasteiger partial charge in [0.25, 0.3) is 5.91 Å². The SMILES string of the molecule is Cc1ccc(CN2CCC(O)CC2)cc1NC(=O)c1ccc(Nc2nc3c(c(-c4cnn(C)c4)n2)CCCO3)cc1. The van der Waals surface area contributed by atoms with Crippen LogP contribution in [0.25, 0.3) is 11.3 Å². The Labute approximate surface area is 239 Å². The minimum atomic E-state index is -0.190. The van der Waals surface area contributed by atoms with Crippen molar-refractivity contribution in [2.45, 2.75) is 45.3 Å². The molecule has 0 aliphatic carbocycles. The van der Waals surface area contributed by atoms with Crippen LogP contribution in [0.5, 0.6) is 5.88 Å². The molecule has 0 atom stereocenters. The van der Waals surface area contributed by atoms with Crippen LogP contribution in [0.1, 0.15) is 46.3 Å². The van der Waals surface area contributed by atoms with Crippen molar-refractivity contribution < 1.29 is 14.6 Å². The molecule has 2 aromatic carbocycles. The van der Waals surface area contributed by atoms with Crippen molar-refractivity contribution in [1.82, 2.24) is 24.6 Å². The van der Waals surface area contributed by atoms with E-state index in [2.05, 4.69) is 31.7 Å². The Morgan fingerprint density at radius 2 is 1.93 bits per heavy atom. The molecular weight excluding hydrogens is 518 g/mol. The van der Waals surface area contributed by atoms with Crippen molar-refractivity contribution in [3.63, 3.8) is 0 Å². The number of ether oxygens (including phenoxy) is 1. The number of carbonyl (C=O) groups excluding carboxylic acids is 1. The average molecular weight is 554 g/mol. The second kappa shape index (κ2) is 11.7. The molecule has 6 rings (SSSR count). The van der Waals surface area contributed by atoms with E-state index in [0.717, 1.165) is 84.6 Å². The first-order chi connectivity index (χ1) is 19.9. The minimum absolute atomic E-state index is 0.171. The topological polar surface area (TPSA) is 117 Å². The molecule has 0 saturated carbocycles. The number of anilines is 3. The van der Waals surface area contributed by atoms with Crippen LogP contribution in [0.15, 0.2) is 54.9 Å². The summed E-state index contributed by atoms with van der Waals surface area (Å²) in [5, 5.41) is 20.4. The van der Waals surface area contributed by atoms with Gasteiger partial charge < -0.3 is 20.5 Å². The molecule has 0 radical (unpaired) electrons. The molecule has 4 heterocycles. The average Bonchev–Trinajstić information content (AvgIpc) is 3.42. The molecule has 0 spiro atoms. The quantitative estimate of drug-likeness (QED) is 0.307. The maximum Gasteiger partial charge on any atom is 0.255 e. The highest BCUT2D eigenvalue weighted by molar-refractivity contribution is 6.04. The predicted octanol–water partition coefficient (Wildman–Crippen LogP) is 4.46. The Balaban J connectivity index is 1.14. The van der Waals surface area contributed by atoms with Gasteiger partial charge in [-0.05, 0) is 74.1 Å². The van der Waals surface area contributed by atoms with E-state index in [1.807, 2.05) is 44.4 Å². The lowest BCUT2D eigenvalue weighted by molar-refractivity contribution is 0.0792. The van der Waals surface area contributed by atoms with Crippen LogP contribution in [0.4, 0.5) is 17.3 Å². The predicted molar refractivity (Wildman–Crippen MR) is 157 cm³/mol. The summed E-state index contributed by atoms with van der Waals surface area (Å²) in [6.45, 7) is 5.18. The number of amides is 1. The van der Waals surface area contributed by atoms with E-state index < -0.39 is 0 Å². The maximum absolute atomic E-state index is 13.1. The summed E-state index contributed by atoms with van der Waals surface area (Å²) >= 11 is 0. The number of hydrogen-bond acceptors (Lipinski definition) is 8. The second-order valence-corrected chi connectivity index (χ2v) is 10.8. The van der Waals surface area contributed by atoms with Gasteiger partial charge in [-0.1, -0.05) is 12.1 Å². The van der Waals surface area contributed by atoms with E-state index in [1.165, 1.54) is 0 Å². The maximum atomic E-state index is 13.1. The first-order valence-corrected chi connectivity index (χ1v) is 14.1. The smallest absolute Gasteiger partial charge is 0.255 e. The fourth-order valence-corrected chi connectivity index (χ4v) is 5.33. The molecule has 1 saturated heterocycles. The molecule has 2 aromatic heterocycles. The number of likely N-dealkylation sites (tertiary alicyclic amines) is 1. The molecule has 0 bridgehead atoms. The fraction of sp³-hybridized carbons (Fsp3) is 0.355. The van der Waals surface area contributed by atoms with E-state index in [4.69, 9.17) is 9.72 Å². The van der Waals surface area contributed by atoms with Crippen LogP contribution >= 0.6 is 0 Å². The van der Waals surface area contributed by atoms with Crippen LogP contribution in [-0.2, 0) is 20.0 Å². The second-order valence-electron chi connectivity index (χ2n) is 10.8. The van der Waals surface area contributed by atoms with Gasteiger partial charge in [-0.2, -0.15) is 10.1 Å². The molecule has 4 aromatic rings. The van der Waals surface area contributed by atoms with E-state index >= 15 is 0 Å². The summed E-state index contributed by atoms with van der Waals surface area (Å²) in [6, 6.07) is 13.4. The molecular formula is C31H35N7O3. The molecule has 212 valence electrons. The number of aromatic nitrogens is 4. The van der Waals surface area contributed by atoms with Crippen molar-refractivity contribution in [2.24, 2.45) is 7.05 Å². The van der Waals surface area contributed by atoms with Crippen molar-refractivity contribution >= 4 is 23.2 Å². The number of aryl methyl sites for hydroxylation is 2. The molecule has 0 unspecified atom stereocenters. The van der Waals surface area contributed by atoms with Crippen LogP contribution in [0.3, 0.4) is 0 Å². The van der Waals surface area contributed by atoms with E-state index in [1.54, 1.807) is 23.0 Å². The Hall–Kier alpha value is -4.28. The largest absolute Gasteiger partial charge is 0.477 e. The van der Waals surface area contributed by atoms with Gasteiger partial charge in [-0.15, -0.1) is 0 Å². The fourth-order valence-electron chi connectivity index (χ4n) is 5.33. The number of piperidine rings is 1. The summed E-state index contributed by atoms with van der Waals surface area (Å²) in [5.74, 6) is 0.853. The van der Waals surface area contributed by atoms with Crippen LogP contribution in [-0.4, -0.2) is 61.5 Å². The van der Waals surface area contributed by atoms with E-state index in [0.29, 0.717) is 24.0 Å². The molecule has 10 nitrogen and oxygen atoms in total. The molecule has 3 N–H and O–H groups in total. The molecule has 2 aliphatic heterocycles. The number of rotatable bonds is 7. The van der Waals surface area contributed by atoms with Gasteiger partial charge in [0.1, 0.15) is 0 Å². The van der Waals surface area contributed by atoms with Crippen molar-refractivity contribution in [3.8, 4) is 17.1 Å². The molecule has 2 aliphatic rings. The highest BCUT2D eigenvalue weighted by Gasteiger charge is 2.22. The van der Waals surface area contributed by atoms with Gasteiger partial charge in [0.2, 0.25) is 11.8 Å². The number of aliphatic hydroxyl groups is 1. The van der Waals surface area contributed by atoms with Crippen LogP contribution in [0.2, 0.25) is 0 Å². The summed E-state index contributed by atoms with van der Waals surface area (Å²) in [5.41, 5.74) is 6.99. The standard InChI is InChI=1S/C31H35N7O3/c1-20-5-6-21(18-38-13-11-25(39)12-14-38)16-27(20)34-29(40)22-7-9-24(10-8-22)33-31-35-28(23-17-32-37(2)19-23)26-4-3-15-41-30(26)36-31/h5-10,16-17,19,25,39H,3-4,11-15,18H2,1-2H3,(H,34,40)(H,33,35,36). The van der Waals surface area contributed by atoms with Crippen molar-refractivity contribution in [3.05, 3.63) is 77.1 Å². The highest BCUT2D eigenvalue weighted by atomic mass is 16.5. The Morgan fingerprint density at radius 1 is 1.12 bits per heavy atom. The van der Waals surface area contributed by atoms with E-state index in [-0.39, 0.29) is 12.0 Å². The lowest BCUT2D eigenvalue weighted by atomic mass is 10.0. The highest BCUT2D eigenvalue weighted by Crippen LogP contribution is 2.33. The van der Waals surface area contributed by atoms with Gasteiger partial charge in [-0.3, -0.25) is 14.4 Å². The monoisotopic (exact) mass is 553 g/mol. The zero-order valence-electron chi connectivity index (χ0n) is 23.4. The number of nitrogens with one attached hydrogen (secondary N) is 2. The zero-order chi connectivity index (χ0) is 28.3. The number of fused-ring (bicyclic) bond motifs is 1. The summed E-state index contributed by atoms with van der Waals surface area (Å²) in [7, 11) is 1.88. The Kier molecular flexibility index (Phi) is 7.67. The van der Waals surface area contributed by atoms with Gasteiger partial charge in [-0.25, -0.2) is 4.98 Å². The van der Waals surface area contributed by atoms with Crippen LogP contribution < -0.4 is 15.4 Å². The van der Waals surface area contributed by atoms with Crippen molar-refractivity contribution in [2.75, 3.05) is 30.3 Å². The van der Waals surface area contributed by atoms with Gasteiger partial charge in [0.05, 0.1) is 24.6 Å². The summed E-state index contributed by atoms with van der Waals surface area (Å²) in [6.07, 6.45) is 6.93. The lowest BCUT2D eigenvalue weighted by Gasteiger charge is -2.29. The molecule has 41 heavy (non-hydrogen) atoms. The first kappa shape index (κ1) is 26.9. The Morgan fingerprint density at radius 3 is 2.68 bits per heavy atom. The number of aliphatic hydroxyl groups excluding tert-OH is 1. The Bertz CT molecular complexity index is 1540. The zero-order valence-corrected chi connectivity index (χ0v) is 23.4. The van der Waals surface area contributed by atoms with Gasteiger partial charge >= 0.3 is 0 Å². The van der Waals surface area contributed by atoms with Gasteiger partial charge in [0, 0.05) is 60.9 Å². The third-order valence-electron chi connectivity index (χ3n) is 7.67. The lowest BCUT2D eigenvalue weighted by Crippen LogP contribution is -2.35. The molecule has 1 fully saturated rings. The number of carbonyl (C=O) groups is 1. The molecule has 1 amide bonds. The minimum Gasteiger partial charge on any atom is -0.477 e. The summed E-state index contributed by atoms with van der Waals surface area (Å²) < 4.78 is 7.61. The summed E-state index contributed by atoms with van der Waals surface area (Å²) in [4.78, 5) is 24.9. The normalized spacial score (nSPS) is 15.7. The van der Waals surface area contributed by atoms with Crippen LogP contribution in [0, 0.1) is 6.92 Å². The molecule has 10 heteroatoms. The number of benzene rings is 2.